The van der Waals surface area contributed by atoms with Crippen LogP contribution in [0.1, 0.15) is 0 Å². The van der Waals surface area contributed by atoms with Gasteiger partial charge in [-0.25, -0.2) is 8.42 Å². The molecule has 0 unspecified atom stereocenters. The molecule has 0 saturated heterocycles. The first-order chi connectivity index (χ1) is 9.10. The van der Waals surface area contributed by atoms with E-state index in [1.807, 2.05) is 0 Å². The molecule has 1 aliphatic heterocycles. The minimum atomic E-state index is -4.98. The molecule has 1 heterocycles. The van der Waals surface area contributed by atoms with Crippen molar-refractivity contribution in [3.8, 4) is 0 Å². The Morgan fingerprint density at radius 2 is 2.00 bits per heavy atom. The van der Waals surface area contributed by atoms with Crippen LogP contribution in [0.4, 0.5) is 18.9 Å². The second-order valence-corrected chi connectivity index (χ2v) is 7.57. The maximum Gasteiger partial charge on any atom is 0.471 e. The van der Waals surface area contributed by atoms with Crippen molar-refractivity contribution in [1.29, 1.82) is 0 Å². The van der Waals surface area contributed by atoms with E-state index in [0.29, 0.717) is 4.90 Å². The van der Waals surface area contributed by atoms with Gasteiger partial charge in [0, 0.05) is 27.9 Å². The number of benzene rings is 1. The molecule has 1 aromatic carbocycles. The summed E-state index contributed by atoms with van der Waals surface area (Å²) < 4.78 is 59.8. The van der Waals surface area contributed by atoms with Gasteiger partial charge in [-0.15, -0.1) is 11.8 Å². The van der Waals surface area contributed by atoms with E-state index in [2.05, 4.69) is 0 Å². The van der Waals surface area contributed by atoms with Gasteiger partial charge in [-0.1, -0.05) is 0 Å². The zero-order valence-electron chi connectivity index (χ0n) is 9.65. The molecule has 1 amide bonds. The first-order valence-electron chi connectivity index (χ1n) is 5.21. The Kier molecular flexibility index (Phi) is 3.96. The lowest BCUT2D eigenvalue weighted by Crippen LogP contribution is -2.43. The lowest BCUT2D eigenvalue weighted by Gasteiger charge is -2.29. The Morgan fingerprint density at radius 3 is 2.55 bits per heavy atom. The SMILES string of the molecule is O=C(N1CCSc2cc(S(=O)(=O)Cl)ccc21)C(F)(F)F. The third kappa shape index (κ3) is 3.04. The molecule has 1 aliphatic rings. The van der Waals surface area contributed by atoms with Crippen LogP contribution in [-0.2, 0) is 13.8 Å². The van der Waals surface area contributed by atoms with Gasteiger partial charge in [0.1, 0.15) is 0 Å². The number of rotatable bonds is 1. The Labute approximate surface area is 121 Å². The fourth-order valence-corrected chi connectivity index (χ4v) is 3.60. The number of thioether (sulfide) groups is 1. The Morgan fingerprint density at radius 1 is 1.35 bits per heavy atom. The van der Waals surface area contributed by atoms with Crippen LogP contribution in [-0.4, -0.2) is 32.8 Å². The van der Waals surface area contributed by atoms with E-state index in [-0.39, 0.29) is 27.8 Å². The fourth-order valence-electron chi connectivity index (χ4n) is 1.72. The first kappa shape index (κ1) is 15.5. The molecule has 20 heavy (non-hydrogen) atoms. The van der Waals surface area contributed by atoms with Crippen molar-refractivity contribution in [2.45, 2.75) is 16.0 Å². The molecule has 0 atom stereocenters. The number of halogens is 4. The standard InChI is InChI=1S/C10H7ClF3NO3S2/c11-20(17,18)6-1-2-7-8(5-6)19-4-3-15(7)9(16)10(12,13)14/h1-2,5H,3-4H2. The monoisotopic (exact) mass is 345 g/mol. The Bertz CT molecular complexity index is 660. The number of carbonyl (C=O) groups excluding carboxylic acids is 1. The number of amides is 1. The van der Waals surface area contributed by atoms with Crippen molar-refractivity contribution >= 4 is 43.1 Å². The second kappa shape index (κ2) is 5.12. The van der Waals surface area contributed by atoms with E-state index < -0.39 is 21.1 Å². The molecule has 0 N–H and O–H groups in total. The molecule has 0 spiro atoms. The van der Waals surface area contributed by atoms with E-state index >= 15 is 0 Å². The zero-order chi connectivity index (χ0) is 15.1. The quantitative estimate of drug-likeness (QED) is 0.734. The Hall–Kier alpha value is -0.930. The van der Waals surface area contributed by atoms with Crippen LogP contribution in [0.15, 0.2) is 28.0 Å². The van der Waals surface area contributed by atoms with Crippen LogP contribution in [0.5, 0.6) is 0 Å². The van der Waals surface area contributed by atoms with Crippen molar-refractivity contribution in [2.24, 2.45) is 0 Å². The number of hydrogen-bond donors (Lipinski definition) is 0. The minimum Gasteiger partial charge on any atom is -0.303 e. The van der Waals surface area contributed by atoms with E-state index in [1.165, 1.54) is 11.8 Å². The smallest absolute Gasteiger partial charge is 0.303 e. The van der Waals surface area contributed by atoms with E-state index in [9.17, 15) is 26.4 Å². The number of nitrogens with zero attached hydrogens (tertiary/aromatic N) is 1. The average molecular weight is 346 g/mol. The summed E-state index contributed by atoms with van der Waals surface area (Å²) in [5.74, 6) is -1.74. The van der Waals surface area contributed by atoms with Gasteiger partial charge in [-0.3, -0.25) is 4.79 Å². The minimum absolute atomic E-state index is 0.0349. The number of fused-ring (bicyclic) bond motifs is 1. The molecule has 4 nitrogen and oxygen atoms in total. The van der Waals surface area contributed by atoms with Gasteiger partial charge in [-0.05, 0) is 18.2 Å². The van der Waals surface area contributed by atoms with Gasteiger partial charge in [0.15, 0.2) is 0 Å². The highest BCUT2D eigenvalue weighted by atomic mass is 35.7. The molecule has 0 radical (unpaired) electrons. The van der Waals surface area contributed by atoms with Crippen molar-refractivity contribution in [2.75, 3.05) is 17.2 Å². The molecule has 0 bridgehead atoms. The number of hydrogen-bond acceptors (Lipinski definition) is 4. The maximum atomic E-state index is 12.5. The molecule has 1 aromatic rings. The molecular formula is C10H7ClF3NO3S2. The van der Waals surface area contributed by atoms with Gasteiger partial charge in [0.05, 0.1) is 10.6 Å². The topological polar surface area (TPSA) is 54.5 Å². The summed E-state index contributed by atoms with van der Waals surface area (Å²) in [6.45, 7) is -0.0943. The molecule has 0 aromatic heterocycles. The highest BCUT2D eigenvalue weighted by molar-refractivity contribution is 8.13. The van der Waals surface area contributed by atoms with Crippen LogP contribution < -0.4 is 4.90 Å². The number of anilines is 1. The largest absolute Gasteiger partial charge is 0.471 e. The fraction of sp³-hybridized carbons (Fsp3) is 0.300. The highest BCUT2D eigenvalue weighted by Crippen LogP contribution is 2.38. The molecule has 10 heteroatoms. The molecule has 2 rings (SSSR count). The molecular weight excluding hydrogens is 339 g/mol. The van der Waals surface area contributed by atoms with Crippen LogP contribution in [0.3, 0.4) is 0 Å². The van der Waals surface area contributed by atoms with E-state index in [4.69, 9.17) is 10.7 Å². The normalized spacial score (nSPS) is 15.9. The average Bonchev–Trinajstić information content (AvgIpc) is 2.34. The van der Waals surface area contributed by atoms with E-state index in [1.54, 1.807) is 0 Å². The summed E-state index contributed by atoms with van der Waals surface area (Å²) in [7, 11) is 1.21. The number of alkyl halides is 3. The van der Waals surface area contributed by atoms with Crippen LogP contribution in [0, 0.1) is 0 Å². The molecule has 0 saturated carbocycles. The molecule has 110 valence electrons. The van der Waals surface area contributed by atoms with Crippen molar-refractivity contribution in [3.05, 3.63) is 18.2 Å². The van der Waals surface area contributed by atoms with Gasteiger partial charge >= 0.3 is 12.1 Å². The zero-order valence-corrected chi connectivity index (χ0v) is 12.0. The summed E-state index contributed by atoms with van der Waals surface area (Å²) in [5.41, 5.74) is 0.0349. The second-order valence-electron chi connectivity index (χ2n) is 3.87. The lowest BCUT2D eigenvalue weighted by molar-refractivity contribution is -0.170. The van der Waals surface area contributed by atoms with Gasteiger partial charge in [0.2, 0.25) is 0 Å². The summed E-state index contributed by atoms with van der Waals surface area (Å²) in [4.78, 5) is 12.0. The van der Waals surface area contributed by atoms with Crippen LogP contribution >= 0.6 is 22.4 Å². The third-order valence-electron chi connectivity index (χ3n) is 2.56. The van der Waals surface area contributed by atoms with Crippen LogP contribution in [0.25, 0.3) is 0 Å². The first-order valence-corrected chi connectivity index (χ1v) is 8.50. The van der Waals surface area contributed by atoms with Crippen molar-refractivity contribution in [1.82, 2.24) is 0 Å². The summed E-state index contributed by atoms with van der Waals surface area (Å²) in [6, 6.07) is 3.39. The highest BCUT2D eigenvalue weighted by Gasteiger charge is 2.44. The third-order valence-corrected chi connectivity index (χ3v) is 4.94. The van der Waals surface area contributed by atoms with Gasteiger partial charge in [-0.2, -0.15) is 13.2 Å². The van der Waals surface area contributed by atoms with Gasteiger partial charge in [0.25, 0.3) is 9.05 Å². The predicted octanol–water partition coefficient (Wildman–Crippen LogP) is 2.62. The van der Waals surface area contributed by atoms with Gasteiger partial charge < -0.3 is 4.90 Å². The van der Waals surface area contributed by atoms with Crippen LogP contribution in [0.2, 0.25) is 0 Å². The van der Waals surface area contributed by atoms with E-state index in [0.717, 1.165) is 18.2 Å². The predicted molar refractivity (Wildman–Crippen MR) is 68.6 cm³/mol. The molecule has 0 fully saturated rings. The summed E-state index contributed by atoms with van der Waals surface area (Å²) >= 11 is 1.17. The maximum absolute atomic E-state index is 12.5. The van der Waals surface area contributed by atoms with Crippen molar-refractivity contribution < 1.29 is 26.4 Å². The Balaban J connectivity index is 2.46. The lowest BCUT2D eigenvalue weighted by atomic mass is 10.2. The summed E-state index contributed by atoms with van der Waals surface area (Å²) in [5, 5.41) is 0. The number of carbonyl (C=O) groups is 1. The van der Waals surface area contributed by atoms with Crippen molar-refractivity contribution in [3.63, 3.8) is 0 Å². The summed E-state index contributed by atoms with van der Waals surface area (Å²) in [6.07, 6.45) is -4.98. The molecule has 0 aliphatic carbocycles.